The average Bonchev–Trinajstić information content (AvgIpc) is 3.34. The molecule has 2 spiro atoms. The molecule has 14 nitrogen and oxygen atoms in total. The lowest BCUT2D eigenvalue weighted by Crippen LogP contribution is -2.90. The summed E-state index contributed by atoms with van der Waals surface area (Å²) in [7, 11) is 0. The van der Waals surface area contributed by atoms with Crippen molar-refractivity contribution < 1.29 is 29.6 Å². The third-order valence-electron chi connectivity index (χ3n) is 10.4. The SMILES string of the molecule is NC1=N[C@@H](CN2C(=O)CN(c3ccccc3)C2=O)[C@@H]2[NH+]=C(N)N[C@]23N1CC(NC(=O)c1cccc2c1CCC21CC1)C3(O)O. The molecule has 0 aromatic heterocycles. The van der Waals surface area contributed by atoms with Gasteiger partial charge in [-0.2, -0.15) is 0 Å². The molecule has 0 radical (unpaired) electrons. The molecule has 4 amide bonds. The van der Waals surface area contributed by atoms with E-state index in [1.165, 1.54) is 15.4 Å². The monoisotopic (exact) mass is 600 g/mol. The average molecular weight is 601 g/mol. The molecule has 1 saturated carbocycles. The van der Waals surface area contributed by atoms with Gasteiger partial charge in [-0.15, -0.1) is 0 Å². The number of aliphatic imine (C=N–C) groups is 1. The maximum Gasteiger partial charge on any atom is 0.343 e. The number of nitrogens with one attached hydrogen (secondary N) is 3. The fourth-order valence-corrected chi connectivity index (χ4v) is 8.01. The van der Waals surface area contributed by atoms with E-state index in [2.05, 4.69) is 26.7 Å². The predicted molar refractivity (Wildman–Crippen MR) is 157 cm³/mol. The summed E-state index contributed by atoms with van der Waals surface area (Å²) in [6.07, 6.45) is 4.07. The van der Waals surface area contributed by atoms with E-state index in [0.717, 1.165) is 36.1 Å². The van der Waals surface area contributed by atoms with Crippen LogP contribution in [0.2, 0.25) is 0 Å². The van der Waals surface area contributed by atoms with Crippen LogP contribution >= 0.6 is 0 Å². The summed E-state index contributed by atoms with van der Waals surface area (Å²) < 4.78 is 0. The van der Waals surface area contributed by atoms with Gasteiger partial charge in [0.1, 0.15) is 18.6 Å². The second kappa shape index (κ2) is 8.92. The number of nitrogens with zero attached hydrogens (tertiary/aromatic N) is 4. The number of imide groups is 1. The van der Waals surface area contributed by atoms with Crippen LogP contribution < -0.4 is 32.0 Å². The second-order valence-corrected chi connectivity index (χ2v) is 12.7. The van der Waals surface area contributed by atoms with Gasteiger partial charge in [0.25, 0.3) is 17.5 Å². The van der Waals surface area contributed by atoms with Gasteiger partial charge < -0.3 is 21.3 Å². The molecule has 1 unspecified atom stereocenters. The number of para-hydroxylation sites is 1. The van der Waals surface area contributed by atoms with Crippen molar-refractivity contribution >= 4 is 35.5 Å². The van der Waals surface area contributed by atoms with Crippen LogP contribution in [0.5, 0.6) is 0 Å². The Bertz CT molecular complexity index is 1670. The highest BCUT2D eigenvalue weighted by Crippen LogP contribution is 2.57. The van der Waals surface area contributed by atoms with Gasteiger partial charge in [0.05, 0.1) is 13.1 Å². The van der Waals surface area contributed by atoms with Gasteiger partial charge in [-0.05, 0) is 60.4 Å². The zero-order chi connectivity index (χ0) is 30.6. The van der Waals surface area contributed by atoms with E-state index in [1.807, 2.05) is 12.1 Å². The van der Waals surface area contributed by atoms with Crippen LogP contribution in [0.1, 0.15) is 40.7 Å². The number of anilines is 1. The molecule has 4 atom stereocenters. The van der Waals surface area contributed by atoms with Gasteiger partial charge in [-0.1, -0.05) is 30.3 Å². The third-order valence-corrected chi connectivity index (χ3v) is 10.4. The first-order chi connectivity index (χ1) is 21.1. The first-order valence-corrected chi connectivity index (χ1v) is 14.9. The van der Waals surface area contributed by atoms with Crippen molar-refractivity contribution in [2.24, 2.45) is 16.5 Å². The van der Waals surface area contributed by atoms with Gasteiger partial charge in [0, 0.05) is 11.3 Å². The summed E-state index contributed by atoms with van der Waals surface area (Å²) in [5.74, 6) is -3.45. The lowest BCUT2D eigenvalue weighted by molar-refractivity contribution is -0.521. The smallest absolute Gasteiger partial charge is 0.343 e. The number of amides is 4. The molecule has 8 rings (SSSR count). The van der Waals surface area contributed by atoms with Crippen LogP contribution in [0.25, 0.3) is 0 Å². The minimum absolute atomic E-state index is 0.0370. The van der Waals surface area contributed by atoms with Crippen molar-refractivity contribution in [2.75, 3.05) is 24.5 Å². The standard InChI is InChI=1S/C30H33N9O5/c31-25-35-23-20(13-38-22(40)15-37(27(38)42)16-5-2-1-3-6-16)33-26(32)39-14-21(30(43,44)29(23,39)36-25)34-24(41)18-7-4-8-19-17(18)9-10-28(19)11-12-28/h1-8,20-21,23,43-44H,9-15H2,(H2,32,33)(H,34,41)(H3,31,35,36)/p+1/t20-,21?,23-,29-/m0/s1. The molecule has 2 aliphatic carbocycles. The van der Waals surface area contributed by atoms with Crippen molar-refractivity contribution in [3.8, 4) is 0 Å². The number of guanidine groups is 2. The van der Waals surface area contributed by atoms with Crippen LogP contribution in [0.3, 0.4) is 0 Å². The number of urea groups is 1. The number of hydrogen-bond donors (Lipinski definition) is 7. The van der Waals surface area contributed by atoms with Crippen molar-refractivity contribution in [1.82, 2.24) is 20.4 Å². The molecule has 44 heavy (non-hydrogen) atoms. The molecule has 9 N–H and O–H groups in total. The lowest BCUT2D eigenvalue weighted by Gasteiger charge is -2.46. The molecule has 0 bridgehead atoms. The Balaban J connectivity index is 1.07. The highest BCUT2D eigenvalue weighted by atomic mass is 16.5. The van der Waals surface area contributed by atoms with Gasteiger partial charge in [-0.3, -0.25) is 35.0 Å². The fraction of sp³-hybridized carbons (Fsp3) is 0.433. The van der Waals surface area contributed by atoms with Gasteiger partial charge >= 0.3 is 12.0 Å². The molecule has 2 saturated heterocycles. The van der Waals surface area contributed by atoms with E-state index in [9.17, 15) is 24.6 Å². The number of hydrogen-bond acceptors (Lipinski definition) is 10. The van der Waals surface area contributed by atoms with Crippen LogP contribution in [0.4, 0.5) is 10.5 Å². The highest BCUT2D eigenvalue weighted by Gasteiger charge is 2.76. The number of rotatable bonds is 5. The predicted octanol–water partition coefficient (Wildman–Crippen LogP) is -3.01. The van der Waals surface area contributed by atoms with Gasteiger partial charge in [0.15, 0.2) is 12.0 Å². The molecule has 3 fully saturated rings. The molecule has 228 valence electrons. The summed E-state index contributed by atoms with van der Waals surface area (Å²) in [4.78, 5) is 51.6. The summed E-state index contributed by atoms with van der Waals surface area (Å²) in [6.45, 7) is -0.407. The maximum absolute atomic E-state index is 13.7. The van der Waals surface area contributed by atoms with Crippen molar-refractivity contribution in [3.63, 3.8) is 0 Å². The highest BCUT2D eigenvalue weighted by molar-refractivity contribution is 6.12. The maximum atomic E-state index is 13.7. The fourth-order valence-electron chi connectivity index (χ4n) is 8.01. The molecule has 6 aliphatic rings. The van der Waals surface area contributed by atoms with Crippen molar-refractivity contribution in [3.05, 3.63) is 65.2 Å². The number of benzene rings is 2. The summed E-state index contributed by atoms with van der Waals surface area (Å²) in [5.41, 5.74) is 14.4. The van der Waals surface area contributed by atoms with E-state index in [1.54, 1.807) is 30.3 Å². The normalized spacial score (nSPS) is 30.5. The Hall–Kier alpha value is -4.69. The Morgan fingerprint density at radius 3 is 2.61 bits per heavy atom. The Morgan fingerprint density at radius 2 is 1.86 bits per heavy atom. The Kier molecular flexibility index (Phi) is 5.46. The zero-order valence-electron chi connectivity index (χ0n) is 23.9. The van der Waals surface area contributed by atoms with Gasteiger partial charge in [0.2, 0.25) is 5.79 Å². The lowest BCUT2D eigenvalue weighted by atomic mass is 9.84. The topological polar surface area (TPSA) is 204 Å². The van der Waals surface area contributed by atoms with E-state index < -0.39 is 47.4 Å². The van der Waals surface area contributed by atoms with Gasteiger partial charge in [-0.25, -0.2) is 15.1 Å². The number of nitrogens with two attached hydrogens (primary N) is 2. The third kappa shape index (κ3) is 3.51. The number of aliphatic hydroxyl groups is 2. The summed E-state index contributed by atoms with van der Waals surface area (Å²) in [6, 6.07) is 11.0. The van der Waals surface area contributed by atoms with Crippen molar-refractivity contribution in [2.45, 2.75) is 60.7 Å². The molecule has 2 aromatic carbocycles. The molecule has 4 aliphatic heterocycles. The number of carbonyl (C=O) groups excluding carboxylic acids is 3. The van der Waals surface area contributed by atoms with Crippen molar-refractivity contribution in [1.29, 1.82) is 0 Å². The minimum Gasteiger partial charge on any atom is -0.370 e. The van der Waals surface area contributed by atoms with Crippen LogP contribution in [0.15, 0.2) is 53.5 Å². The first-order valence-electron chi connectivity index (χ1n) is 14.9. The Morgan fingerprint density at radius 1 is 1.09 bits per heavy atom. The van der Waals surface area contributed by atoms with E-state index in [-0.39, 0.29) is 37.0 Å². The summed E-state index contributed by atoms with van der Waals surface area (Å²) in [5, 5.41) is 29.5. The zero-order valence-corrected chi connectivity index (χ0v) is 23.9. The van der Waals surface area contributed by atoms with E-state index in [4.69, 9.17) is 11.5 Å². The molecule has 2 aromatic rings. The van der Waals surface area contributed by atoms with E-state index >= 15 is 0 Å². The molecular weight excluding hydrogens is 566 g/mol. The van der Waals surface area contributed by atoms with Crippen LogP contribution in [-0.2, 0) is 16.6 Å². The minimum atomic E-state index is -2.61. The van der Waals surface area contributed by atoms with Crippen LogP contribution in [0, 0.1) is 0 Å². The number of carbonyl (C=O) groups is 3. The molecule has 4 heterocycles. The molecular formula is C30H34N9O5+. The largest absolute Gasteiger partial charge is 0.370 e. The Labute approximate surface area is 252 Å². The first kappa shape index (κ1) is 26.9. The summed E-state index contributed by atoms with van der Waals surface area (Å²) >= 11 is 0. The van der Waals surface area contributed by atoms with Crippen LogP contribution in [-0.4, -0.2) is 99.0 Å². The van der Waals surface area contributed by atoms with E-state index in [0.29, 0.717) is 11.3 Å². The quantitative estimate of drug-likeness (QED) is 0.138. The second-order valence-electron chi connectivity index (χ2n) is 12.7. The number of fused-ring (bicyclic) bond motifs is 2. The molecule has 14 heteroatoms.